The number of nitrogens with zero attached hydrogens (tertiary/aromatic N) is 5. The van der Waals surface area contributed by atoms with Crippen LogP contribution in [0.15, 0.2) is 47.1 Å². The van der Waals surface area contributed by atoms with Gasteiger partial charge in [0.25, 0.3) is 5.89 Å². The third kappa shape index (κ3) is 3.79. The van der Waals surface area contributed by atoms with Crippen LogP contribution in [0, 0.1) is 6.92 Å². The molecule has 0 saturated carbocycles. The van der Waals surface area contributed by atoms with E-state index in [1.165, 1.54) is 18.2 Å². The molecular weight excluding hydrogens is 403 g/mol. The molecule has 1 aromatic carbocycles. The second kappa shape index (κ2) is 7.46. The van der Waals surface area contributed by atoms with Gasteiger partial charge in [-0.2, -0.15) is 18.2 Å². The van der Waals surface area contributed by atoms with Gasteiger partial charge in [0.05, 0.1) is 23.4 Å². The van der Waals surface area contributed by atoms with Crippen molar-refractivity contribution in [3.8, 4) is 11.5 Å². The number of fused-ring (bicyclic) bond motifs is 1. The van der Waals surface area contributed by atoms with Crippen LogP contribution in [-0.2, 0) is 12.7 Å². The monoisotopic (exact) mass is 417 g/mol. The molecule has 2 amide bonds. The maximum absolute atomic E-state index is 13.1. The largest absolute Gasteiger partial charge is 0.418 e. The SMILES string of the molecule is Cc1noc(-c2cccn3c(CNC(=O)Nc4ccccc4C(F)(F)F)nnc23)n1. The van der Waals surface area contributed by atoms with Crippen molar-refractivity contribution < 1.29 is 22.5 Å². The van der Waals surface area contributed by atoms with E-state index < -0.39 is 17.8 Å². The highest BCUT2D eigenvalue weighted by atomic mass is 19.4. The number of hydrogen-bond acceptors (Lipinski definition) is 6. The number of hydrogen-bond donors (Lipinski definition) is 2. The summed E-state index contributed by atoms with van der Waals surface area (Å²) in [6.45, 7) is 1.61. The van der Waals surface area contributed by atoms with Gasteiger partial charge in [0.15, 0.2) is 17.3 Å². The van der Waals surface area contributed by atoms with Crippen LogP contribution in [0.3, 0.4) is 0 Å². The van der Waals surface area contributed by atoms with Crippen LogP contribution < -0.4 is 10.6 Å². The van der Waals surface area contributed by atoms with Gasteiger partial charge in [-0.15, -0.1) is 10.2 Å². The number of para-hydroxylation sites is 1. The molecule has 0 aliphatic carbocycles. The van der Waals surface area contributed by atoms with Crippen molar-refractivity contribution in [2.45, 2.75) is 19.6 Å². The van der Waals surface area contributed by atoms with Gasteiger partial charge in [-0.3, -0.25) is 4.40 Å². The molecule has 0 saturated heterocycles. The Labute approximate surface area is 166 Å². The van der Waals surface area contributed by atoms with Crippen LogP contribution in [0.1, 0.15) is 17.2 Å². The summed E-state index contributed by atoms with van der Waals surface area (Å²) in [5.41, 5.74) is -0.295. The number of alkyl halides is 3. The van der Waals surface area contributed by atoms with E-state index >= 15 is 0 Å². The maximum Gasteiger partial charge on any atom is 0.418 e. The summed E-state index contributed by atoms with van der Waals surface area (Å²) in [6.07, 6.45) is -2.91. The lowest BCUT2D eigenvalue weighted by molar-refractivity contribution is -0.136. The second-order valence-corrected chi connectivity index (χ2v) is 6.23. The molecule has 3 aromatic heterocycles. The van der Waals surface area contributed by atoms with Gasteiger partial charge in [0.1, 0.15) is 0 Å². The number of anilines is 1. The zero-order chi connectivity index (χ0) is 21.3. The van der Waals surface area contributed by atoms with Gasteiger partial charge >= 0.3 is 12.2 Å². The first-order valence-corrected chi connectivity index (χ1v) is 8.67. The lowest BCUT2D eigenvalue weighted by atomic mass is 10.1. The second-order valence-electron chi connectivity index (χ2n) is 6.23. The molecule has 0 atom stereocenters. The van der Waals surface area contributed by atoms with Crippen molar-refractivity contribution >= 4 is 17.4 Å². The fourth-order valence-corrected chi connectivity index (χ4v) is 2.82. The minimum atomic E-state index is -4.59. The summed E-state index contributed by atoms with van der Waals surface area (Å²) >= 11 is 0. The molecule has 154 valence electrons. The highest BCUT2D eigenvalue weighted by Gasteiger charge is 2.33. The summed E-state index contributed by atoms with van der Waals surface area (Å²) in [6, 6.07) is 7.35. The van der Waals surface area contributed by atoms with Gasteiger partial charge in [0.2, 0.25) is 0 Å². The minimum absolute atomic E-state index is 0.0759. The molecule has 0 bridgehead atoms. The number of carbonyl (C=O) groups is 1. The number of rotatable bonds is 4. The normalized spacial score (nSPS) is 11.6. The molecule has 2 N–H and O–H groups in total. The van der Waals surface area contributed by atoms with Crippen LogP contribution >= 0.6 is 0 Å². The Bertz CT molecular complexity index is 1220. The average Bonchev–Trinajstić information content (AvgIpc) is 3.32. The third-order valence-corrected chi connectivity index (χ3v) is 4.15. The molecule has 0 aliphatic heterocycles. The minimum Gasteiger partial charge on any atom is -0.334 e. The van der Waals surface area contributed by atoms with Crippen LogP contribution in [0.4, 0.5) is 23.7 Å². The molecular formula is C18H14F3N7O2. The number of amides is 2. The molecule has 4 rings (SSSR count). The van der Waals surface area contributed by atoms with Crippen molar-refractivity contribution in [3.63, 3.8) is 0 Å². The van der Waals surface area contributed by atoms with Gasteiger partial charge in [-0.05, 0) is 31.2 Å². The Morgan fingerprint density at radius 2 is 1.97 bits per heavy atom. The van der Waals surface area contributed by atoms with E-state index in [9.17, 15) is 18.0 Å². The molecule has 12 heteroatoms. The van der Waals surface area contributed by atoms with E-state index in [0.717, 1.165) is 6.07 Å². The van der Waals surface area contributed by atoms with E-state index in [0.29, 0.717) is 22.9 Å². The van der Waals surface area contributed by atoms with E-state index in [-0.39, 0.29) is 18.1 Å². The van der Waals surface area contributed by atoms with Crippen LogP contribution in [0.25, 0.3) is 17.1 Å². The van der Waals surface area contributed by atoms with E-state index in [2.05, 4.69) is 31.0 Å². The van der Waals surface area contributed by atoms with Crippen molar-refractivity contribution in [1.82, 2.24) is 30.1 Å². The lowest BCUT2D eigenvalue weighted by Gasteiger charge is -2.13. The molecule has 0 fully saturated rings. The molecule has 9 nitrogen and oxygen atoms in total. The smallest absolute Gasteiger partial charge is 0.334 e. The number of carbonyl (C=O) groups excluding carboxylic acids is 1. The number of urea groups is 1. The summed E-state index contributed by atoms with van der Waals surface area (Å²) in [4.78, 5) is 16.3. The first-order chi connectivity index (χ1) is 14.3. The average molecular weight is 417 g/mol. The highest BCUT2D eigenvalue weighted by Crippen LogP contribution is 2.34. The molecule has 0 spiro atoms. The Morgan fingerprint density at radius 1 is 1.17 bits per heavy atom. The Hall–Kier alpha value is -3.96. The first kappa shape index (κ1) is 19.4. The molecule has 0 aliphatic rings. The zero-order valence-electron chi connectivity index (χ0n) is 15.4. The molecule has 0 unspecified atom stereocenters. The standard InChI is InChI=1S/C18H14F3N7O2/c1-10-23-16(30-27-10)11-5-4-8-28-14(25-26-15(11)28)9-22-17(29)24-13-7-3-2-6-12(13)18(19,20)21/h2-8H,9H2,1H3,(H2,22,24,29). The summed E-state index contributed by atoms with van der Waals surface area (Å²) in [5.74, 6) is 1.10. The number of benzene rings is 1. The van der Waals surface area contributed by atoms with Crippen molar-refractivity contribution in [2.24, 2.45) is 0 Å². The zero-order valence-corrected chi connectivity index (χ0v) is 15.4. The molecule has 4 aromatic rings. The van der Waals surface area contributed by atoms with Gasteiger partial charge < -0.3 is 15.2 Å². The third-order valence-electron chi connectivity index (χ3n) is 4.15. The lowest BCUT2D eigenvalue weighted by Crippen LogP contribution is -2.30. The predicted molar refractivity (Wildman–Crippen MR) is 98.3 cm³/mol. The number of nitrogens with one attached hydrogen (secondary N) is 2. The van der Waals surface area contributed by atoms with Crippen LogP contribution in [0.5, 0.6) is 0 Å². The van der Waals surface area contributed by atoms with E-state index in [4.69, 9.17) is 4.52 Å². The Kier molecular flexibility index (Phi) is 4.82. The maximum atomic E-state index is 13.1. The van der Waals surface area contributed by atoms with Gasteiger partial charge in [-0.25, -0.2) is 4.79 Å². The van der Waals surface area contributed by atoms with Crippen LogP contribution in [0.2, 0.25) is 0 Å². The van der Waals surface area contributed by atoms with E-state index in [1.807, 2.05) is 0 Å². The molecule has 3 heterocycles. The fraction of sp³-hybridized carbons (Fsp3) is 0.167. The van der Waals surface area contributed by atoms with Crippen molar-refractivity contribution in [3.05, 3.63) is 59.8 Å². The van der Waals surface area contributed by atoms with Gasteiger partial charge in [0, 0.05) is 6.20 Å². The molecule has 0 radical (unpaired) electrons. The fourth-order valence-electron chi connectivity index (χ4n) is 2.82. The van der Waals surface area contributed by atoms with Gasteiger partial charge in [-0.1, -0.05) is 17.3 Å². The van der Waals surface area contributed by atoms with E-state index in [1.54, 1.807) is 29.7 Å². The topological polar surface area (TPSA) is 110 Å². The van der Waals surface area contributed by atoms with Crippen molar-refractivity contribution in [2.75, 3.05) is 5.32 Å². The quantitative estimate of drug-likeness (QED) is 0.526. The van der Waals surface area contributed by atoms with Crippen molar-refractivity contribution in [1.29, 1.82) is 0 Å². The summed E-state index contributed by atoms with van der Waals surface area (Å²) in [7, 11) is 0. The summed E-state index contributed by atoms with van der Waals surface area (Å²) < 4.78 is 45.9. The number of pyridine rings is 1. The highest BCUT2D eigenvalue weighted by molar-refractivity contribution is 5.90. The first-order valence-electron chi connectivity index (χ1n) is 8.67. The molecule has 30 heavy (non-hydrogen) atoms. The summed E-state index contributed by atoms with van der Waals surface area (Å²) in [5, 5.41) is 16.5. The number of aryl methyl sites for hydroxylation is 1. The van der Waals surface area contributed by atoms with Crippen LogP contribution in [-0.4, -0.2) is 30.8 Å². The Balaban J connectivity index is 1.50. The predicted octanol–water partition coefficient (Wildman–Crippen LogP) is 3.43. The number of aromatic nitrogens is 5. The number of halogens is 3. The Morgan fingerprint density at radius 3 is 2.70 bits per heavy atom.